The van der Waals surface area contributed by atoms with Gasteiger partial charge < -0.3 is 19.9 Å². The number of ether oxygens (including phenoxy) is 1. The molecule has 1 aromatic heterocycles. The van der Waals surface area contributed by atoms with Crippen molar-refractivity contribution in [2.75, 3.05) is 18.0 Å². The van der Waals surface area contributed by atoms with Gasteiger partial charge in [-0.1, -0.05) is 36.4 Å². The van der Waals surface area contributed by atoms with Gasteiger partial charge in [0.2, 0.25) is 11.8 Å². The molecule has 2 aromatic carbocycles. The van der Waals surface area contributed by atoms with E-state index in [1.165, 1.54) is 17.0 Å². The molecule has 0 saturated carbocycles. The Morgan fingerprint density at radius 1 is 1.20 bits per heavy atom. The lowest BCUT2D eigenvalue weighted by atomic mass is 9.77. The number of carbonyl (C=O) groups is 2. The fourth-order valence-corrected chi connectivity index (χ4v) is 5.64. The largest absolute Gasteiger partial charge is 0.416 e. The van der Waals surface area contributed by atoms with Gasteiger partial charge in [0.15, 0.2) is 0 Å². The number of hydrogen-bond donors (Lipinski definition) is 2. The van der Waals surface area contributed by atoms with E-state index in [0.29, 0.717) is 13.0 Å². The Hall–Kier alpha value is -3.59. The van der Waals surface area contributed by atoms with Crippen LogP contribution in [0.15, 0.2) is 66.9 Å². The molecule has 0 unspecified atom stereocenters. The van der Waals surface area contributed by atoms with Gasteiger partial charge in [0.25, 0.3) is 0 Å². The molecule has 3 aromatic rings. The lowest BCUT2D eigenvalue weighted by molar-refractivity contribution is -0.137. The number of fused-ring (bicyclic) bond motifs is 2. The van der Waals surface area contributed by atoms with Crippen molar-refractivity contribution in [3.05, 3.63) is 78.0 Å². The van der Waals surface area contributed by atoms with Crippen LogP contribution in [0.5, 0.6) is 0 Å². The number of para-hydroxylation sites is 1. The molecule has 2 saturated heterocycles. The van der Waals surface area contributed by atoms with Crippen LogP contribution in [0.1, 0.15) is 11.1 Å². The number of carbonyl (C=O) groups excluding carboxylic acids is 2. The summed E-state index contributed by atoms with van der Waals surface area (Å²) in [6, 6.07) is 12.6. The van der Waals surface area contributed by atoms with Gasteiger partial charge in [0.05, 0.1) is 30.0 Å². The van der Waals surface area contributed by atoms with Crippen molar-refractivity contribution in [1.29, 1.82) is 0 Å². The van der Waals surface area contributed by atoms with E-state index in [9.17, 15) is 22.8 Å². The number of anilines is 1. The number of benzene rings is 2. The summed E-state index contributed by atoms with van der Waals surface area (Å²) in [7, 11) is 0. The number of aromatic nitrogens is 1. The van der Waals surface area contributed by atoms with Gasteiger partial charge in [-0.2, -0.15) is 13.2 Å². The second-order valence-electron chi connectivity index (χ2n) is 9.27. The average Bonchev–Trinajstić information content (AvgIpc) is 3.59. The number of hydrogen-bond acceptors (Lipinski definition) is 3. The highest BCUT2D eigenvalue weighted by molar-refractivity contribution is 6.03. The molecule has 6 rings (SSSR count). The van der Waals surface area contributed by atoms with Crippen LogP contribution in [0.4, 0.5) is 18.9 Å². The molecule has 35 heavy (non-hydrogen) atoms. The summed E-state index contributed by atoms with van der Waals surface area (Å²) in [6.45, 7) is 0.461. The molecule has 2 N–H and O–H groups in total. The number of H-pyrrole nitrogens is 1. The van der Waals surface area contributed by atoms with Gasteiger partial charge in [-0.25, -0.2) is 0 Å². The topological polar surface area (TPSA) is 74.4 Å². The predicted octanol–water partition coefficient (Wildman–Crippen LogP) is 3.83. The number of nitrogens with zero attached hydrogens (tertiary/aromatic N) is 1. The van der Waals surface area contributed by atoms with E-state index in [2.05, 4.69) is 10.3 Å². The van der Waals surface area contributed by atoms with E-state index in [1.54, 1.807) is 12.2 Å². The lowest BCUT2D eigenvalue weighted by Gasteiger charge is -2.23. The predicted molar refractivity (Wildman–Crippen MR) is 123 cm³/mol. The van der Waals surface area contributed by atoms with Crippen LogP contribution in [0, 0.1) is 11.8 Å². The summed E-state index contributed by atoms with van der Waals surface area (Å²) in [5.74, 6) is -2.19. The molecule has 0 radical (unpaired) electrons. The van der Waals surface area contributed by atoms with Crippen molar-refractivity contribution in [1.82, 2.24) is 10.3 Å². The smallest absolute Gasteiger partial charge is 0.361 e. The Balaban J connectivity index is 1.19. The second kappa shape index (κ2) is 7.71. The van der Waals surface area contributed by atoms with E-state index >= 15 is 0 Å². The number of aromatic amines is 1. The van der Waals surface area contributed by atoms with Gasteiger partial charge in [0, 0.05) is 29.3 Å². The lowest BCUT2D eigenvalue weighted by Crippen LogP contribution is -2.44. The molecular formula is C26H22F3N3O3. The maximum absolute atomic E-state index is 13.4. The van der Waals surface area contributed by atoms with Crippen molar-refractivity contribution >= 4 is 28.4 Å². The van der Waals surface area contributed by atoms with Crippen molar-refractivity contribution in [2.24, 2.45) is 11.8 Å². The molecule has 4 heterocycles. The Kier molecular flexibility index (Phi) is 4.83. The summed E-state index contributed by atoms with van der Waals surface area (Å²) in [6.07, 6.45) is 1.05. The van der Waals surface area contributed by atoms with Crippen LogP contribution < -0.4 is 10.2 Å². The molecule has 1 spiro atoms. The average molecular weight is 481 g/mol. The fourth-order valence-electron chi connectivity index (χ4n) is 5.64. The second-order valence-corrected chi connectivity index (χ2v) is 9.27. The SMILES string of the molecule is O=C(NCCc1c[nH]c2ccccc12)[C@@H]1[C@H]2C(=O)N(c3cccc(C(F)(F)F)c3)C[C@@]23C=C[C@H]1O3. The van der Waals surface area contributed by atoms with Crippen LogP contribution in [0.3, 0.4) is 0 Å². The van der Waals surface area contributed by atoms with Crippen molar-refractivity contribution in [2.45, 2.75) is 24.3 Å². The van der Waals surface area contributed by atoms with Gasteiger partial charge in [-0.15, -0.1) is 0 Å². The highest BCUT2D eigenvalue weighted by Crippen LogP contribution is 2.52. The minimum absolute atomic E-state index is 0.0733. The summed E-state index contributed by atoms with van der Waals surface area (Å²) in [5.41, 5.74) is 0.412. The Bertz CT molecular complexity index is 1360. The van der Waals surface area contributed by atoms with Gasteiger partial charge in [-0.05, 0) is 36.2 Å². The maximum Gasteiger partial charge on any atom is 0.416 e. The first-order chi connectivity index (χ1) is 16.8. The summed E-state index contributed by atoms with van der Waals surface area (Å²) < 4.78 is 45.7. The van der Waals surface area contributed by atoms with E-state index in [1.807, 2.05) is 30.5 Å². The van der Waals surface area contributed by atoms with Crippen molar-refractivity contribution in [3.63, 3.8) is 0 Å². The molecule has 9 heteroatoms. The zero-order valence-corrected chi connectivity index (χ0v) is 18.5. The molecule has 2 amide bonds. The third-order valence-electron chi connectivity index (χ3n) is 7.26. The molecule has 3 aliphatic rings. The number of alkyl halides is 3. The monoisotopic (exact) mass is 481 g/mol. The Labute approximate surface area is 198 Å². The van der Waals surface area contributed by atoms with Crippen LogP contribution in [0.2, 0.25) is 0 Å². The molecule has 2 bridgehead atoms. The first-order valence-corrected chi connectivity index (χ1v) is 11.5. The number of rotatable bonds is 5. The Morgan fingerprint density at radius 3 is 2.86 bits per heavy atom. The first-order valence-electron chi connectivity index (χ1n) is 11.5. The molecule has 180 valence electrons. The first kappa shape index (κ1) is 21.9. The zero-order chi connectivity index (χ0) is 24.4. The van der Waals surface area contributed by atoms with Gasteiger partial charge in [0.1, 0.15) is 5.60 Å². The van der Waals surface area contributed by atoms with Crippen LogP contribution >= 0.6 is 0 Å². The van der Waals surface area contributed by atoms with Gasteiger partial charge >= 0.3 is 6.18 Å². The Morgan fingerprint density at radius 2 is 2.03 bits per heavy atom. The standard InChI is InChI=1S/C26H22F3N3O3/c27-26(28,29)16-4-3-5-17(12-16)32-14-25-10-8-20(35-25)21(22(25)24(32)34)23(33)30-11-9-15-13-31-19-7-2-1-6-18(15)19/h1-8,10,12-13,20-22,31H,9,11,14H2,(H,30,33)/t20-,21+,22+,25+/m1/s1. The normalized spacial score (nSPS) is 27.1. The molecule has 2 fully saturated rings. The van der Waals surface area contributed by atoms with Crippen molar-refractivity contribution in [3.8, 4) is 0 Å². The third kappa shape index (κ3) is 3.44. The van der Waals surface area contributed by atoms with Crippen LogP contribution in [-0.2, 0) is 26.9 Å². The third-order valence-corrected chi connectivity index (χ3v) is 7.26. The van der Waals surface area contributed by atoms with E-state index in [0.717, 1.165) is 28.6 Å². The maximum atomic E-state index is 13.4. The van der Waals surface area contributed by atoms with Crippen LogP contribution in [-0.4, -0.2) is 41.6 Å². The highest BCUT2D eigenvalue weighted by atomic mass is 19.4. The van der Waals surface area contributed by atoms with E-state index in [4.69, 9.17) is 4.74 Å². The van der Waals surface area contributed by atoms with Crippen LogP contribution in [0.25, 0.3) is 10.9 Å². The van der Waals surface area contributed by atoms with E-state index < -0.39 is 41.2 Å². The minimum atomic E-state index is -4.52. The van der Waals surface area contributed by atoms with Crippen molar-refractivity contribution < 1.29 is 27.5 Å². The highest BCUT2D eigenvalue weighted by Gasteiger charge is 2.67. The number of nitrogens with one attached hydrogen (secondary N) is 2. The van der Waals surface area contributed by atoms with E-state index in [-0.39, 0.29) is 18.1 Å². The minimum Gasteiger partial charge on any atom is -0.361 e. The number of amides is 2. The molecule has 0 aliphatic carbocycles. The summed E-state index contributed by atoms with van der Waals surface area (Å²) in [5, 5.41) is 4.03. The molecule has 6 nitrogen and oxygen atoms in total. The fraction of sp³-hybridized carbons (Fsp3) is 0.308. The molecule has 3 aliphatic heterocycles. The quantitative estimate of drug-likeness (QED) is 0.544. The molecule has 4 atom stereocenters. The summed E-state index contributed by atoms with van der Waals surface area (Å²) in [4.78, 5) is 31.1. The van der Waals surface area contributed by atoms with Gasteiger partial charge in [-0.3, -0.25) is 9.59 Å². The summed E-state index contributed by atoms with van der Waals surface area (Å²) >= 11 is 0. The molecular weight excluding hydrogens is 459 g/mol. The number of halogens is 3. The zero-order valence-electron chi connectivity index (χ0n) is 18.5.